The molecule has 3 rings (SSSR count). The molecule has 0 spiro atoms. The summed E-state index contributed by atoms with van der Waals surface area (Å²) in [6, 6.07) is 14.0. The second-order valence-corrected chi connectivity index (χ2v) is 4.82. The van der Waals surface area contributed by atoms with Crippen LogP contribution in [0.2, 0.25) is 0 Å². The topological polar surface area (TPSA) is 37.9 Å². The van der Waals surface area contributed by atoms with Crippen molar-refractivity contribution >= 4 is 26.8 Å². The highest BCUT2D eigenvalue weighted by atomic mass is 79.9. The van der Waals surface area contributed by atoms with E-state index in [1.165, 1.54) is 0 Å². The summed E-state index contributed by atoms with van der Waals surface area (Å²) in [6.07, 6.45) is 0. The van der Waals surface area contributed by atoms with Crippen molar-refractivity contribution in [3.05, 3.63) is 46.9 Å². The predicted octanol–water partition coefficient (Wildman–Crippen LogP) is 4.00. The molecule has 0 atom stereocenters. The molecule has 0 saturated heterocycles. The van der Waals surface area contributed by atoms with Crippen molar-refractivity contribution in [1.29, 1.82) is 0 Å². The first kappa shape index (κ1) is 11.3. The standard InChI is InChI=1S/C14H11BrN2O/c1-18-13-7-6-9(8-11(13)15)14-10-4-2-3-5-12(10)16-17-14/h2-8H,1H3,(H,16,17). The zero-order valence-corrected chi connectivity index (χ0v) is 11.4. The highest BCUT2D eigenvalue weighted by Gasteiger charge is 2.09. The average molecular weight is 303 g/mol. The molecule has 0 bridgehead atoms. The van der Waals surface area contributed by atoms with Gasteiger partial charge in [-0.2, -0.15) is 5.10 Å². The Kier molecular flexibility index (Phi) is 2.80. The van der Waals surface area contributed by atoms with Crippen LogP contribution in [0.3, 0.4) is 0 Å². The van der Waals surface area contributed by atoms with E-state index < -0.39 is 0 Å². The summed E-state index contributed by atoms with van der Waals surface area (Å²) in [5, 5.41) is 8.53. The molecule has 4 heteroatoms. The molecule has 3 nitrogen and oxygen atoms in total. The van der Waals surface area contributed by atoms with Gasteiger partial charge in [0.15, 0.2) is 0 Å². The van der Waals surface area contributed by atoms with Gasteiger partial charge in [0, 0.05) is 10.9 Å². The van der Waals surface area contributed by atoms with Crippen molar-refractivity contribution in [2.45, 2.75) is 0 Å². The van der Waals surface area contributed by atoms with Crippen molar-refractivity contribution < 1.29 is 4.74 Å². The lowest BCUT2D eigenvalue weighted by molar-refractivity contribution is 0.412. The average Bonchev–Trinajstić information content (AvgIpc) is 2.82. The Bertz CT molecular complexity index is 706. The van der Waals surface area contributed by atoms with Crippen molar-refractivity contribution in [2.24, 2.45) is 0 Å². The smallest absolute Gasteiger partial charge is 0.133 e. The number of para-hydroxylation sites is 1. The van der Waals surface area contributed by atoms with E-state index in [1.54, 1.807) is 7.11 Å². The summed E-state index contributed by atoms with van der Waals surface area (Å²) in [4.78, 5) is 0. The molecule has 0 amide bonds. The number of hydrogen-bond donors (Lipinski definition) is 1. The van der Waals surface area contributed by atoms with Crippen molar-refractivity contribution in [1.82, 2.24) is 10.2 Å². The first-order valence-corrected chi connectivity index (χ1v) is 6.36. The molecule has 3 aromatic rings. The number of H-pyrrole nitrogens is 1. The van der Waals surface area contributed by atoms with Crippen LogP contribution < -0.4 is 4.74 Å². The van der Waals surface area contributed by atoms with Crippen LogP contribution in [-0.2, 0) is 0 Å². The number of nitrogens with zero attached hydrogens (tertiary/aromatic N) is 1. The number of nitrogens with one attached hydrogen (secondary N) is 1. The summed E-state index contributed by atoms with van der Waals surface area (Å²) in [5.74, 6) is 0.818. The van der Waals surface area contributed by atoms with E-state index in [0.717, 1.165) is 32.4 Å². The third-order valence-corrected chi connectivity index (χ3v) is 3.52. The SMILES string of the molecule is COc1ccc(-c2n[nH]c3ccccc23)cc1Br. The van der Waals surface area contributed by atoms with E-state index in [0.29, 0.717) is 0 Å². The molecule has 2 aromatic carbocycles. The quantitative estimate of drug-likeness (QED) is 0.777. The first-order valence-electron chi connectivity index (χ1n) is 5.56. The Morgan fingerprint density at radius 3 is 2.78 bits per heavy atom. The Morgan fingerprint density at radius 1 is 1.17 bits per heavy atom. The third-order valence-electron chi connectivity index (χ3n) is 2.90. The molecule has 18 heavy (non-hydrogen) atoms. The van der Waals surface area contributed by atoms with Crippen LogP contribution in [0.5, 0.6) is 5.75 Å². The molecule has 90 valence electrons. The molecule has 0 aliphatic heterocycles. The maximum Gasteiger partial charge on any atom is 0.133 e. The van der Waals surface area contributed by atoms with Gasteiger partial charge in [0.2, 0.25) is 0 Å². The largest absolute Gasteiger partial charge is 0.496 e. The zero-order valence-electron chi connectivity index (χ0n) is 9.77. The lowest BCUT2D eigenvalue weighted by Crippen LogP contribution is -1.85. The number of aromatic amines is 1. The van der Waals surface area contributed by atoms with Gasteiger partial charge in [-0.3, -0.25) is 5.10 Å². The van der Waals surface area contributed by atoms with Gasteiger partial charge in [-0.05, 0) is 40.2 Å². The third kappa shape index (κ3) is 1.78. The normalized spacial score (nSPS) is 10.8. The van der Waals surface area contributed by atoms with Crippen LogP contribution in [0, 0.1) is 0 Å². The van der Waals surface area contributed by atoms with Crippen LogP contribution in [0.4, 0.5) is 0 Å². The highest BCUT2D eigenvalue weighted by molar-refractivity contribution is 9.10. The van der Waals surface area contributed by atoms with Crippen molar-refractivity contribution in [2.75, 3.05) is 7.11 Å². The fraction of sp³-hybridized carbons (Fsp3) is 0.0714. The molecule has 0 unspecified atom stereocenters. The summed E-state index contributed by atoms with van der Waals surface area (Å²) in [6.45, 7) is 0. The van der Waals surface area contributed by atoms with E-state index in [2.05, 4.69) is 32.2 Å². The van der Waals surface area contributed by atoms with Crippen LogP contribution in [0.1, 0.15) is 0 Å². The van der Waals surface area contributed by atoms with Crippen LogP contribution in [0.25, 0.3) is 22.2 Å². The number of hydrogen-bond acceptors (Lipinski definition) is 2. The summed E-state index contributed by atoms with van der Waals surface area (Å²) < 4.78 is 6.16. The predicted molar refractivity (Wildman–Crippen MR) is 75.8 cm³/mol. The minimum absolute atomic E-state index is 0.818. The molecular formula is C14H11BrN2O. The molecule has 1 N–H and O–H groups in total. The van der Waals surface area contributed by atoms with Gasteiger partial charge in [0.05, 0.1) is 22.8 Å². The van der Waals surface area contributed by atoms with Crippen LogP contribution in [0.15, 0.2) is 46.9 Å². The number of methoxy groups -OCH3 is 1. The number of benzene rings is 2. The van der Waals surface area contributed by atoms with Gasteiger partial charge in [-0.1, -0.05) is 18.2 Å². The minimum Gasteiger partial charge on any atom is -0.496 e. The molecular weight excluding hydrogens is 292 g/mol. The molecule has 0 aliphatic rings. The van der Waals surface area contributed by atoms with Gasteiger partial charge in [-0.25, -0.2) is 0 Å². The Labute approximate surface area is 113 Å². The van der Waals surface area contributed by atoms with E-state index in [-0.39, 0.29) is 0 Å². The fourth-order valence-corrected chi connectivity index (χ4v) is 2.54. The Morgan fingerprint density at radius 2 is 2.00 bits per heavy atom. The van der Waals surface area contributed by atoms with Crippen LogP contribution >= 0.6 is 15.9 Å². The Balaban J connectivity index is 2.17. The maximum absolute atomic E-state index is 5.23. The molecule has 0 radical (unpaired) electrons. The van der Waals surface area contributed by atoms with Gasteiger partial charge in [0.1, 0.15) is 5.75 Å². The van der Waals surface area contributed by atoms with E-state index in [1.807, 2.05) is 36.4 Å². The van der Waals surface area contributed by atoms with Gasteiger partial charge < -0.3 is 4.74 Å². The van der Waals surface area contributed by atoms with Crippen molar-refractivity contribution in [3.63, 3.8) is 0 Å². The number of rotatable bonds is 2. The number of ether oxygens (including phenoxy) is 1. The van der Waals surface area contributed by atoms with Crippen LogP contribution in [-0.4, -0.2) is 17.3 Å². The zero-order chi connectivity index (χ0) is 12.5. The van der Waals surface area contributed by atoms with Gasteiger partial charge in [0.25, 0.3) is 0 Å². The summed E-state index contributed by atoms with van der Waals surface area (Å²) in [5.41, 5.74) is 3.05. The van der Waals surface area contributed by atoms with Gasteiger partial charge >= 0.3 is 0 Å². The number of aromatic nitrogens is 2. The van der Waals surface area contributed by atoms with E-state index in [9.17, 15) is 0 Å². The fourth-order valence-electron chi connectivity index (χ4n) is 2.00. The molecule has 0 saturated carbocycles. The molecule has 0 aliphatic carbocycles. The summed E-state index contributed by atoms with van der Waals surface area (Å²) in [7, 11) is 1.66. The van der Waals surface area contributed by atoms with Gasteiger partial charge in [-0.15, -0.1) is 0 Å². The minimum atomic E-state index is 0.818. The molecule has 1 heterocycles. The second kappa shape index (κ2) is 4.46. The maximum atomic E-state index is 5.23. The number of halogens is 1. The van der Waals surface area contributed by atoms with Crippen molar-refractivity contribution in [3.8, 4) is 17.0 Å². The monoisotopic (exact) mass is 302 g/mol. The number of fused-ring (bicyclic) bond motifs is 1. The molecule has 1 aromatic heterocycles. The highest BCUT2D eigenvalue weighted by Crippen LogP contribution is 2.32. The first-order chi connectivity index (χ1) is 8.79. The Hall–Kier alpha value is -1.81. The lowest BCUT2D eigenvalue weighted by atomic mass is 10.1. The summed E-state index contributed by atoms with van der Waals surface area (Å²) >= 11 is 3.49. The molecule has 0 fully saturated rings. The lowest BCUT2D eigenvalue weighted by Gasteiger charge is -2.04. The van der Waals surface area contributed by atoms with E-state index >= 15 is 0 Å². The van der Waals surface area contributed by atoms with E-state index in [4.69, 9.17) is 4.74 Å². The second-order valence-electron chi connectivity index (χ2n) is 3.97.